The maximum absolute atomic E-state index is 13.8. The first-order valence-corrected chi connectivity index (χ1v) is 6.56. The number of halogens is 3. The van der Waals surface area contributed by atoms with Gasteiger partial charge in [0.05, 0.1) is 5.56 Å². The number of hydrogen-bond acceptors (Lipinski definition) is 2. The van der Waals surface area contributed by atoms with E-state index in [-0.39, 0.29) is 17.9 Å². The first-order valence-electron chi connectivity index (χ1n) is 5.48. The molecule has 0 bridgehead atoms. The average molecular weight is 370 g/mol. The van der Waals surface area contributed by atoms with Gasteiger partial charge in [0.2, 0.25) is 0 Å². The van der Waals surface area contributed by atoms with Crippen LogP contribution < -0.4 is 5.32 Å². The van der Waals surface area contributed by atoms with Crippen LogP contribution in [0.15, 0.2) is 36.4 Å². The van der Waals surface area contributed by atoms with Crippen LogP contribution in [0, 0.1) is 26.5 Å². The summed E-state index contributed by atoms with van der Waals surface area (Å²) in [5, 5.41) is 11.8. The molecule has 5 heteroatoms. The van der Waals surface area contributed by atoms with Gasteiger partial charge >= 0.3 is 0 Å². The smallest absolute Gasteiger partial charge is 0.145 e. The van der Waals surface area contributed by atoms with Crippen LogP contribution in [0.5, 0.6) is 0 Å². The highest BCUT2D eigenvalue weighted by Crippen LogP contribution is 2.20. The molecule has 0 amide bonds. The Balaban J connectivity index is 2.17. The topological polar surface area (TPSA) is 35.8 Å². The Morgan fingerprint density at radius 1 is 1.21 bits per heavy atom. The van der Waals surface area contributed by atoms with Gasteiger partial charge in [-0.15, -0.1) is 0 Å². The molecule has 0 unspecified atom stereocenters. The van der Waals surface area contributed by atoms with E-state index in [1.165, 1.54) is 18.2 Å². The zero-order chi connectivity index (χ0) is 13.8. The van der Waals surface area contributed by atoms with Crippen molar-refractivity contribution in [1.82, 2.24) is 0 Å². The minimum atomic E-state index is -0.519. The quantitative estimate of drug-likeness (QED) is 0.828. The van der Waals surface area contributed by atoms with Gasteiger partial charge in [0.15, 0.2) is 0 Å². The van der Waals surface area contributed by atoms with Crippen LogP contribution in [0.4, 0.5) is 14.5 Å². The number of hydrogen-bond donors (Lipinski definition) is 1. The van der Waals surface area contributed by atoms with Crippen LogP contribution >= 0.6 is 22.6 Å². The summed E-state index contributed by atoms with van der Waals surface area (Å²) in [5.41, 5.74) is 1.15. The molecule has 1 N–H and O–H groups in total. The van der Waals surface area contributed by atoms with Gasteiger partial charge in [-0.3, -0.25) is 0 Å². The number of rotatable bonds is 3. The van der Waals surface area contributed by atoms with Gasteiger partial charge in [-0.25, -0.2) is 8.78 Å². The summed E-state index contributed by atoms with van der Waals surface area (Å²) in [4.78, 5) is 0. The number of nitriles is 1. The predicted octanol–water partition coefficient (Wildman–Crippen LogP) is 4.05. The molecule has 0 aliphatic carbocycles. The van der Waals surface area contributed by atoms with E-state index in [0.29, 0.717) is 5.56 Å². The van der Waals surface area contributed by atoms with E-state index in [4.69, 9.17) is 5.26 Å². The Hall–Kier alpha value is -1.68. The number of nitrogens with zero attached hydrogens (tertiary/aromatic N) is 1. The van der Waals surface area contributed by atoms with E-state index in [0.717, 1.165) is 9.26 Å². The van der Waals surface area contributed by atoms with Crippen LogP contribution in [0.1, 0.15) is 11.1 Å². The second-order valence-corrected chi connectivity index (χ2v) is 5.03. The van der Waals surface area contributed by atoms with Gasteiger partial charge in [-0.05, 0) is 46.9 Å². The number of anilines is 1. The van der Waals surface area contributed by atoms with E-state index < -0.39 is 5.82 Å². The van der Waals surface area contributed by atoms with E-state index in [9.17, 15) is 8.78 Å². The summed E-state index contributed by atoms with van der Waals surface area (Å²) in [5.74, 6) is -0.831. The molecule has 19 heavy (non-hydrogen) atoms. The summed E-state index contributed by atoms with van der Waals surface area (Å²) in [7, 11) is 0. The number of benzene rings is 2. The molecular formula is C14H9F2IN2. The lowest BCUT2D eigenvalue weighted by Crippen LogP contribution is -2.04. The van der Waals surface area contributed by atoms with Crippen LogP contribution in [-0.2, 0) is 6.54 Å². The summed E-state index contributed by atoms with van der Waals surface area (Å²) in [6.45, 7) is 0.239. The highest BCUT2D eigenvalue weighted by molar-refractivity contribution is 14.1. The standard InChI is InChI=1S/C14H9F2IN2/c15-11-4-5-13(12(17)6-11)19-8-10-3-1-2-9(7-18)14(10)16/h1-6,19H,8H2. The van der Waals surface area contributed by atoms with Crippen LogP contribution in [0.3, 0.4) is 0 Å². The van der Waals surface area contributed by atoms with Crippen LogP contribution in [0.2, 0.25) is 0 Å². The van der Waals surface area contributed by atoms with Gasteiger partial charge in [0.25, 0.3) is 0 Å². The van der Waals surface area contributed by atoms with Crippen molar-refractivity contribution in [3.8, 4) is 6.07 Å². The van der Waals surface area contributed by atoms with E-state index in [1.54, 1.807) is 24.3 Å². The average Bonchev–Trinajstić information content (AvgIpc) is 2.39. The maximum atomic E-state index is 13.8. The van der Waals surface area contributed by atoms with Crippen molar-refractivity contribution in [2.45, 2.75) is 6.54 Å². The summed E-state index contributed by atoms with van der Waals surface area (Å²) in [6, 6.07) is 10.8. The van der Waals surface area contributed by atoms with Crippen molar-refractivity contribution in [3.63, 3.8) is 0 Å². The van der Waals surface area contributed by atoms with Crippen LogP contribution in [0.25, 0.3) is 0 Å². The molecule has 2 nitrogen and oxygen atoms in total. The Morgan fingerprint density at radius 2 is 2.00 bits per heavy atom. The van der Waals surface area contributed by atoms with Crippen molar-refractivity contribution in [2.75, 3.05) is 5.32 Å². The number of nitrogens with one attached hydrogen (secondary N) is 1. The summed E-state index contributed by atoms with van der Waals surface area (Å²) >= 11 is 2.00. The van der Waals surface area contributed by atoms with Crippen LogP contribution in [-0.4, -0.2) is 0 Å². The fourth-order valence-electron chi connectivity index (χ4n) is 1.63. The molecule has 0 aromatic heterocycles. The third-order valence-electron chi connectivity index (χ3n) is 2.60. The summed E-state index contributed by atoms with van der Waals surface area (Å²) in [6.07, 6.45) is 0. The molecule has 2 aromatic rings. The lowest BCUT2D eigenvalue weighted by atomic mass is 10.1. The van der Waals surface area contributed by atoms with E-state index >= 15 is 0 Å². The second kappa shape index (κ2) is 5.97. The lowest BCUT2D eigenvalue weighted by Gasteiger charge is -2.10. The van der Waals surface area contributed by atoms with Gasteiger partial charge < -0.3 is 5.32 Å². The van der Waals surface area contributed by atoms with Gasteiger partial charge in [0.1, 0.15) is 17.7 Å². The Labute approximate surface area is 123 Å². The molecule has 0 heterocycles. The van der Waals surface area contributed by atoms with E-state index in [2.05, 4.69) is 5.32 Å². The molecule has 2 aromatic carbocycles. The van der Waals surface area contributed by atoms with Crippen molar-refractivity contribution in [1.29, 1.82) is 5.26 Å². The molecule has 96 valence electrons. The fraction of sp³-hybridized carbons (Fsp3) is 0.0714. The minimum Gasteiger partial charge on any atom is -0.380 e. The Kier molecular flexibility index (Phi) is 4.32. The molecular weight excluding hydrogens is 361 g/mol. The Morgan fingerprint density at radius 3 is 2.68 bits per heavy atom. The molecule has 0 aliphatic heterocycles. The first kappa shape index (κ1) is 13.7. The minimum absolute atomic E-state index is 0.0214. The maximum Gasteiger partial charge on any atom is 0.145 e. The van der Waals surface area contributed by atoms with Gasteiger partial charge in [0, 0.05) is 21.4 Å². The predicted molar refractivity (Wildman–Crippen MR) is 77.6 cm³/mol. The van der Waals surface area contributed by atoms with Gasteiger partial charge in [-0.1, -0.05) is 12.1 Å². The van der Waals surface area contributed by atoms with Crippen molar-refractivity contribution < 1.29 is 8.78 Å². The summed E-state index contributed by atoms with van der Waals surface area (Å²) < 4.78 is 27.5. The molecule has 0 radical (unpaired) electrons. The monoisotopic (exact) mass is 370 g/mol. The molecule has 0 saturated carbocycles. The first-order chi connectivity index (χ1) is 9.11. The van der Waals surface area contributed by atoms with Gasteiger partial charge in [-0.2, -0.15) is 5.26 Å². The zero-order valence-electron chi connectivity index (χ0n) is 9.75. The van der Waals surface area contributed by atoms with Crippen molar-refractivity contribution in [2.24, 2.45) is 0 Å². The zero-order valence-corrected chi connectivity index (χ0v) is 11.9. The Bertz CT molecular complexity index is 650. The third kappa shape index (κ3) is 3.20. The molecule has 0 fully saturated rings. The molecule has 2 rings (SSSR count). The lowest BCUT2D eigenvalue weighted by molar-refractivity contribution is 0.609. The third-order valence-corrected chi connectivity index (χ3v) is 3.49. The fourth-order valence-corrected chi connectivity index (χ4v) is 2.29. The molecule has 0 spiro atoms. The highest BCUT2D eigenvalue weighted by Gasteiger charge is 2.08. The highest BCUT2D eigenvalue weighted by atomic mass is 127. The van der Waals surface area contributed by atoms with E-state index in [1.807, 2.05) is 22.6 Å². The normalized spacial score (nSPS) is 10.0. The van der Waals surface area contributed by atoms with Crippen molar-refractivity contribution in [3.05, 3.63) is 62.7 Å². The largest absolute Gasteiger partial charge is 0.380 e. The molecule has 0 saturated heterocycles. The molecule has 0 atom stereocenters. The van der Waals surface area contributed by atoms with Crippen molar-refractivity contribution >= 4 is 28.3 Å². The second-order valence-electron chi connectivity index (χ2n) is 3.87. The SMILES string of the molecule is N#Cc1cccc(CNc2ccc(F)cc2I)c1F. The molecule has 0 aliphatic rings.